The molecule has 0 bridgehead atoms. The van der Waals surface area contributed by atoms with Crippen LogP contribution >= 0.6 is 0 Å². The molecule has 4 heteroatoms. The number of likely N-dealkylation sites (tertiary alicyclic amines) is 1. The molecule has 0 saturated carbocycles. The number of carbonyl (C=O) groups is 1. The van der Waals surface area contributed by atoms with Gasteiger partial charge in [0.25, 0.3) is 0 Å². The summed E-state index contributed by atoms with van der Waals surface area (Å²) in [5, 5.41) is 0. The summed E-state index contributed by atoms with van der Waals surface area (Å²) < 4.78 is 0. The van der Waals surface area contributed by atoms with E-state index in [1.165, 1.54) is 0 Å². The van der Waals surface area contributed by atoms with Crippen molar-refractivity contribution >= 4 is 11.6 Å². The fraction of sp³-hybridized carbons (Fsp3) is 0.500. The van der Waals surface area contributed by atoms with E-state index in [4.69, 9.17) is 5.73 Å². The predicted molar refractivity (Wildman–Crippen MR) is 73.5 cm³/mol. The number of hydrogen-bond donors (Lipinski definition) is 1. The second kappa shape index (κ2) is 5.98. The molecule has 0 radical (unpaired) electrons. The van der Waals surface area contributed by atoms with Crippen molar-refractivity contribution in [2.45, 2.75) is 19.4 Å². The monoisotopic (exact) mass is 247 g/mol. The zero-order valence-corrected chi connectivity index (χ0v) is 10.9. The van der Waals surface area contributed by atoms with Crippen LogP contribution in [-0.2, 0) is 4.79 Å². The highest BCUT2D eigenvalue weighted by molar-refractivity contribution is 5.94. The lowest BCUT2D eigenvalue weighted by Gasteiger charge is -2.24. The van der Waals surface area contributed by atoms with Gasteiger partial charge in [0, 0.05) is 31.4 Å². The zero-order valence-electron chi connectivity index (χ0n) is 10.9. The van der Waals surface area contributed by atoms with Gasteiger partial charge >= 0.3 is 0 Å². The fourth-order valence-corrected chi connectivity index (χ4v) is 2.39. The van der Waals surface area contributed by atoms with Crippen LogP contribution in [0, 0.1) is 0 Å². The van der Waals surface area contributed by atoms with Gasteiger partial charge in [-0.2, -0.15) is 0 Å². The van der Waals surface area contributed by atoms with Gasteiger partial charge in [-0.25, -0.2) is 0 Å². The van der Waals surface area contributed by atoms with Crippen LogP contribution in [0.25, 0.3) is 0 Å². The van der Waals surface area contributed by atoms with Crippen LogP contribution in [0.2, 0.25) is 0 Å². The van der Waals surface area contributed by atoms with E-state index < -0.39 is 0 Å². The summed E-state index contributed by atoms with van der Waals surface area (Å²) in [7, 11) is 0. The summed E-state index contributed by atoms with van der Waals surface area (Å²) in [6, 6.07) is 10.0. The molecule has 0 aromatic heterocycles. The predicted octanol–water partition coefficient (Wildman–Crippen LogP) is 1.07. The second-order valence-corrected chi connectivity index (χ2v) is 4.76. The van der Waals surface area contributed by atoms with E-state index in [2.05, 4.69) is 4.90 Å². The van der Waals surface area contributed by atoms with E-state index in [9.17, 15) is 4.79 Å². The molecule has 1 aromatic carbocycles. The van der Waals surface area contributed by atoms with Crippen molar-refractivity contribution in [3.05, 3.63) is 30.3 Å². The zero-order chi connectivity index (χ0) is 13.0. The fourth-order valence-electron chi connectivity index (χ4n) is 2.39. The standard InChI is InChI=1S/C14H21N3O/c1-2-17(13-6-4-3-5-7-13)14(18)11-16-9-8-12(15)10-16/h3-7,12H,2,8-11,15H2,1H3/t12-/m1/s1. The molecule has 2 rings (SSSR count). The van der Waals surface area contributed by atoms with Gasteiger partial charge in [0.1, 0.15) is 0 Å². The molecule has 2 N–H and O–H groups in total. The van der Waals surface area contributed by atoms with Crippen molar-refractivity contribution in [1.29, 1.82) is 0 Å². The van der Waals surface area contributed by atoms with Gasteiger partial charge in [0.05, 0.1) is 6.54 Å². The van der Waals surface area contributed by atoms with Crippen molar-refractivity contribution in [3.63, 3.8) is 0 Å². The molecule has 98 valence electrons. The van der Waals surface area contributed by atoms with E-state index in [1.807, 2.05) is 42.2 Å². The Balaban J connectivity index is 1.98. The van der Waals surface area contributed by atoms with Crippen molar-refractivity contribution < 1.29 is 4.79 Å². The van der Waals surface area contributed by atoms with Crippen molar-refractivity contribution in [3.8, 4) is 0 Å². The lowest BCUT2D eigenvalue weighted by Crippen LogP contribution is -2.40. The number of carbonyl (C=O) groups excluding carboxylic acids is 1. The molecule has 4 nitrogen and oxygen atoms in total. The number of para-hydroxylation sites is 1. The van der Waals surface area contributed by atoms with Gasteiger partial charge in [-0.3, -0.25) is 9.69 Å². The highest BCUT2D eigenvalue weighted by Gasteiger charge is 2.23. The molecular formula is C14H21N3O. The highest BCUT2D eigenvalue weighted by Crippen LogP contribution is 2.14. The first-order valence-electron chi connectivity index (χ1n) is 6.54. The van der Waals surface area contributed by atoms with Crippen LogP contribution in [0.5, 0.6) is 0 Å². The van der Waals surface area contributed by atoms with Gasteiger partial charge in [0.2, 0.25) is 5.91 Å². The van der Waals surface area contributed by atoms with E-state index in [1.54, 1.807) is 0 Å². The van der Waals surface area contributed by atoms with Crippen LogP contribution in [0.4, 0.5) is 5.69 Å². The summed E-state index contributed by atoms with van der Waals surface area (Å²) in [5.74, 6) is 0.151. The lowest BCUT2D eigenvalue weighted by atomic mass is 10.3. The molecule has 0 unspecified atom stereocenters. The first-order chi connectivity index (χ1) is 8.70. The number of hydrogen-bond acceptors (Lipinski definition) is 3. The van der Waals surface area contributed by atoms with Gasteiger partial charge in [-0.1, -0.05) is 18.2 Å². The second-order valence-electron chi connectivity index (χ2n) is 4.76. The molecular weight excluding hydrogens is 226 g/mol. The maximum absolute atomic E-state index is 12.3. The highest BCUT2D eigenvalue weighted by atomic mass is 16.2. The molecule has 1 aliphatic rings. The number of anilines is 1. The van der Waals surface area contributed by atoms with Gasteiger partial charge in [-0.15, -0.1) is 0 Å². The summed E-state index contributed by atoms with van der Waals surface area (Å²) in [5.41, 5.74) is 6.82. The van der Waals surface area contributed by atoms with Gasteiger partial charge in [-0.05, 0) is 25.5 Å². The normalized spacial score (nSPS) is 20.0. The molecule has 1 fully saturated rings. The first kappa shape index (κ1) is 13.1. The number of nitrogens with two attached hydrogens (primary N) is 1. The summed E-state index contributed by atoms with van der Waals surface area (Å²) in [6.45, 7) is 4.93. The van der Waals surface area contributed by atoms with Gasteiger partial charge < -0.3 is 10.6 Å². The van der Waals surface area contributed by atoms with Crippen LogP contribution in [0.15, 0.2) is 30.3 Å². The minimum absolute atomic E-state index is 0.151. The Bertz CT molecular complexity index is 393. The number of rotatable bonds is 4. The Morgan fingerprint density at radius 2 is 2.17 bits per heavy atom. The summed E-state index contributed by atoms with van der Waals surface area (Å²) in [4.78, 5) is 16.2. The molecule has 1 aliphatic heterocycles. The van der Waals surface area contributed by atoms with E-state index in [-0.39, 0.29) is 11.9 Å². The third kappa shape index (κ3) is 3.09. The van der Waals surface area contributed by atoms with Crippen LogP contribution in [0.3, 0.4) is 0 Å². The SMILES string of the molecule is CCN(C(=O)CN1CC[C@@H](N)C1)c1ccccc1. The van der Waals surface area contributed by atoms with Crippen molar-refractivity contribution in [2.75, 3.05) is 31.1 Å². The molecule has 0 aliphatic carbocycles. The smallest absolute Gasteiger partial charge is 0.241 e. The average Bonchev–Trinajstić information content (AvgIpc) is 2.77. The number of likely N-dealkylation sites (N-methyl/N-ethyl adjacent to an activating group) is 1. The molecule has 1 amide bonds. The molecule has 1 aromatic rings. The quantitative estimate of drug-likeness (QED) is 0.866. The Labute approximate surface area is 108 Å². The molecule has 0 spiro atoms. The molecule has 1 heterocycles. The third-order valence-corrected chi connectivity index (χ3v) is 3.35. The minimum Gasteiger partial charge on any atom is -0.326 e. The van der Waals surface area contributed by atoms with Crippen LogP contribution < -0.4 is 10.6 Å². The molecule has 1 saturated heterocycles. The average molecular weight is 247 g/mol. The summed E-state index contributed by atoms with van der Waals surface area (Å²) in [6.07, 6.45) is 0.991. The summed E-state index contributed by atoms with van der Waals surface area (Å²) >= 11 is 0. The van der Waals surface area contributed by atoms with Crippen LogP contribution in [-0.4, -0.2) is 43.0 Å². The third-order valence-electron chi connectivity index (χ3n) is 3.35. The van der Waals surface area contributed by atoms with E-state index in [0.717, 1.165) is 25.2 Å². The van der Waals surface area contributed by atoms with Crippen molar-refractivity contribution in [1.82, 2.24) is 4.90 Å². The molecule has 1 atom stereocenters. The number of benzene rings is 1. The number of nitrogens with zero attached hydrogens (tertiary/aromatic N) is 2. The largest absolute Gasteiger partial charge is 0.326 e. The Hall–Kier alpha value is -1.39. The van der Waals surface area contributed by atoms with E-state index in [0.29, 0.717) is 13.1 Å². The van der Waals surface area contributed by atoms with Crippen LogP contribution in [0.1, 0.15) is 13.3 Å². The lowest BCUT2D eigenvalue weighted by molar-refractivity contribution is -0.119. The number of amides is 1. The minimum atomic E-state index is 0.151. The van der Waals surface area contributed by atoms with E-state index >= 15 is 0 Å². The molecule has 18 heavy (non-hydrogen) atoms. The Kier molecular flexibility index (Phi) is 4.33. The topological polar surface area (TPSA) is 49.6 Å². The first-order valence-corrected chi connectivity index (χ1v) is 6.54. The maximum Gasteiger partial charge on any atom is 0.241 e. The Morgan fingerprint density at radius 1 is 1.44 bits per heavy atom. The Morgan fingerprint density at radius 3 is 2.72 bits per heavy atom. The van der Waals surface area contributed by atoms with Gasteiger partial charge in [0.15, 0.2) is 0 Å². The maximum atomic E-state index is 12.3. The van der Waals surface area contributed by atoms with Crippen molar-refractivity contribution in [2.24, 2.45) is 5.73 Å².